The molecule has 0 heterocycles. The van der Waals surface area contributed by atoms with Crippen LogP contribution < -0.4 is 5.32 Å². The largest absolute Gasteiger partial charge is 0.481 e. The van der Waals surface area contributed by atoms with E-state index in [0.29, 0.717) is 0 Å². The lowest BCUT2D eigenvalue weighted by Gasteiger charge is -2.21. The maximum Gasteiger partial charge on any atom is 0.307 e. The van der Waals surface area contributed by atoms with Crippen LogP contribution in [0.2, 0.25) is 0 Å². The van der Waals surface area contributed by atoms with E-state index in [9.17, 15) is 4.79 Å². The van der Waals surface area contributed by atoms with Crippen LogP contribution >= 0.6 is 0 Å². The molecule has 13 heavy (non-hydrogen) atoms. The van der Waals surface area contributed by atoms with E-state index < -0.39 is 5.97 Å². The Morgan fingerprint density at radius 3 is 2.46 bits per heavy atom. The van der Waals surface area contributed by atoms with Crippen LogP contribution in [0.4, 0.5) is 0 Å². The van der Waals surface area contributed by atoms with Gasteiger partial charge in [0.25, 0.3) is 0 Å². The molecule has 3 heteroatoms. The highest BCUT2D eigenvalue weighted by Gasteiger charge is 2.19. The molecule has 0 spiro atoms. The second kappa shape index (κ2) is 5.75. The van der Waals surface area contributed by atoms with E-state index in [1.54, 1.807) is 6.92 Å². The predicted octanol–water partition coefficient (Wildman–Crippen LogP) is 1.65. The zero-order valence-electron chi connectivity index (χ0n) is 8.58. The number of rotatable bonds is 6. The van der Waals surface area contributed by atoms with Gasteiger partial charge in [0.1, 0.15) is 0 Å². The number of aliphatic carboxylic acids is 1. The van der Waals surface area contributed by atoms with Gasteiger partial charge in [-0.1, -0.05) is 13.0 Å². The minimum Gasteiger partial charge on any atom is -0.481 e. The summed E-state index contributed by atoms with van der Waals surface area (Å²) in [5.41, 5.74) is 0. The third-order valence-electron chi connectivity index (χ3n) is 2.21. The molecule has 0 rings (SSSR count). The molecule has 0 aromatic carbocycles. The summed E-state index contributed by atoms with van der Waals surface area (Å²) in [5, 5.41) is 11.9. The summed E-state index contributed by atoms with van der Waals surface area (Å²) in [5.74, 6) is -1.11. The molecule has 0 aliphatic rings. The van der Waals surface area contributed by atoms with Crippen molar-refractivity contribution in [2.45, 2.75) is 39.3 Å². The quantitative estimate of drug-likeness (QED) is 0.619. The van der Waals surface area contributed by atoms with E-state index in [2.05, 4.69) is 11.9 Å². The Morgan fingerprint density at radius 1 is 1.54 bits per heavy atom. The Kier molecular flexibility index (Phi) is 5.39. The van der Waals surface area contributed by atoms with Crippen molar-refractivity contribution in [3.05, 3.63) is 12.7 Å². The standard InChI is InChI=1S/C10H19NO2/c1-5-6-7(2)11-9(4)8(3)10(12)13/h5,7-9,11H,1,6H2,2-4H3,(H,12,13). The van der Waals surface area contributed by atoms with E-state index >= 15 is 0 Å². The first-order chi connectivity index (χ1) is 5.99. The molecule has 2 N–H and O–H groups in total. The average molecular weight is 185 g/mol. The molecule has 3 nitrogen and oxygen atoms in total. The van der Waals surface area contributed by atoms with Crippen molar-refractivity contribution in [1.82, 2.24) is 5.32 Å². The SMILES string of the molecule is C=CCC(C)NC(C)C(C)C(=O)O. The van der Waals surface area contributed by atoms with Gasteiger partial charge in [-0.2, -0.15) is 0 Å². The fraction of sp³-hybridized carbons (Fsp3) is 0.700. The highest BCUT2D eigenvalue weighted by Crippen LogP contribution is 2.04. The zero-order valence-corrected chi connectivity index (χ0v) is 8.58. The van der Waals surface area contributed by atoms with Crippen molar-refractivity contribution >= 4 is 5.97 Å². The fourth-order valence-corrected chi connectivity index (χ4v) is 1.13. The third-order valence-corrected chi connectivity index (χ3v) is 2.21. The molecule has 3 atom stereocenters. The lowest BCUT2D eigenvalue weighted by atomic mass is 10.0. The van der Waals surface area contributed by atoms with Gasteiger partial charge in [-0.15, -0.1) is 6.58 Å². The summed E-state index contributed by atoms with van der Waals surface area (Å²) >= 11 is 0. The molecular formula is C10H19NO2. The molecule has 0 saturated heterocycles. The summed E-state index contributed by atoms with van der Waals surface area (Å²) < 4.78 is 0. The van der Waals surface area contributed by atoms with Crippen molar-refractivity contribution in [2.24, 2.45) is 5.92 Å². The lowest BCUT2D eigenvalue weighted by molar-refractivity contribution is -0.142. The van der Waals surface area contributed by atoms with Crippen LogP contribution in [0, 0.1) is 5.92 Å². The number of hydrogen-bond donors (Lipinski definition) is 2. The van der Waals surface area contributed by atoms with Gasteiger partial charge in [-0.3, -0.25) is 4.79 Å². The Hall–Kier alpha value is -0.830. The second-order valence-electron chi connectivity index (χ2n) is 3.51. The molecule has 0 aliphatic heterocycles. The smallest absolute Gasteiger partial charge is 0.307 e. The van der Waals surface area contributed by atoms with Crippen LogP contribution in [0.15, 0.2) is 12.7 Å². The maximum absolute atomic E-state index is 10.6. The first-order valence-corrected chi connectivity index (χ1v) is 4.58. The van der Waals surface area contributed by atoms with E-state index in [4.69, 9.17) is 5.11 Å². The van der Waals surface area contributed by atoms with Crippen molar-refractivity contribution in [2.75, 3.05) is 0 Å². The Balaban J connectivity index is 3.91. The van der Waals surface area contributed by atoms with Gasteiger partial charge in [0.15, 0.2) is 0 Å². The van der Waals surface area contributed by atoms with Crippen LogP contribution in [0.25, 0.3) is 0 Å². The summed E-state index contributed by atoms with van der Waals surface area (Å²) in [6, 6.07) is 0.279. The van der Waals surface area contributed by atoms with Gasteiger partial charge in [0.05, 0.1) is 5.92 Å². The van der Waals surface area contributed by atoms with E-state index in [1.165, 1.54) is 0 Å². The summed E-state index contributed by atoms with van der Waals surface area (Å²) in [4.78, 5) is 10.6. The van der Waals surface area contributed by atoms with Gasteiger partial charge in [-0.05, 0) is 20.3 Å². The van der Waals surface area contributed by atoms with E-state index in [-0.39, 0.29) is 18.0 Å². The number of carbonyl (C=O) groups is 1. The summed E-state index contributed by atoms with van der Waals surface area (Å²) in [7, 11) is 0. The van der Waals surface area contributed by atoms with Crippen molar-refractivity contribution < 1.29 is 9.90 Å². The Bertz CT molecular complexity index is 180. The lowest BCUT2D eigenvalue weighted by Crippen LogP contribution is -2.41. The van der Waals surface area contributed by atoms with Crippen molar-refractivity contribution in [1.29, 1.82) is 0 Å². The third kappa shape index (κ3) is 4.68. The topological polar surface area (TPSA) is 49.3 Å². The van der Waals surface area contributed by atoms with Crippen molar-refractivity contribution in [3.63, 3.8) is 0 Å². The predicted molar refractivity (Wildman–Crippen MR) is 53.7 cm³/mol. The molecule has 3 unspecified atom stereocenters. The van der Waals surface area contributed by atoms with Crippen LogP contribution in [-0.2, 0) is 4.79 Å². The van der Waals surface area contributed by atoms with E-state index in [0.717, 1.165) is 6.42 Å². The molecule has 0 bridgehead atoms. The van der Waals surface area contributed by atoms with Gasteiger partial charge < -0.3 is 10.4 Å². The van der Waals surface area contributed by atoms with Crippen molar-refractivity contribution in [3.8, 4) is 0 Å². The summed E-state index contributed by atoms with van der Waals surface area (Å²) in [6.45, 7) is 9.25. The molecule has 0 aromatic heterocycles. The second-order valence-corrected chi connectivity index (χ2v) is 3.51. The molecule has 0 aromatic rings. The monoisotopic (exact) mass is 185 g/mol. The first-order valence-electron chi connectivity index (χ1n) is 4.58. The number of carboxylic acid groups (broad SMARTS) is 1. The number of carboxylic acids is 1. The van der Waals surface area contributed by atoms with Crippen LogP contribution in [0.1, 0.15) is 27.2 Å². The molecule has 76 valence electrons. The molecule has 0 fully saturated rings. The van der Waals surface area contributed by atoms with Gasteiger partial charge in [0.2, 0.25) is 0 Å². The maximum atomic E-state index is 10.6. The van der Waals surface area contributed by atoms with E-state index in [1.807, 2.05) is 19.9 Å². The number of hydrogen-bond acceptors (Lipinski definition) is 2. The van der Waals surface area contributed by atoms with Gasteiger partial charge in [0, 0.05) is 12.1 Å². The number of nitrogens with one attached hydrogen (secondary N) is 1. The molecule has 0 saturated carbocycles. The van der Waals surface area contributed by atoms with Crippen LogP contribution in [0.3, 0.4) is 0 Å². The fourth-order valence-electron chi connectivity index (χ4n) is 1.13. The molecular weight excluding hydrogens is 166 g/mol. The highest BCUT2D eigenvalue weighted by atomic mass is 16.4. The normalized spacial score (nSPS) is 17.5. The van der Waals surface area contributed by atoms with Crippen LogP contribution in [-0.4, -0.2) is 23.2 Å². The minimum atomic E-state index is -0.759. The Labute approximate surface area is 79.8 Å². The summed E-state index contributed by atoms with van der Waals surface area (Å²) in [6.07, 6.45) is 2.69. The molecule has 0 radical (unpaired) electrons. The molecule has 0 amide bonds. The minimum absolute atomic E-state index is 0.00699. The molecule has 0 aliphatic carbocycles. The zero-order chi connectivity index (χ0) is 10.4. The van der Waals surface area contributed by atoms with Crippen LogP contribution in [0.5, 0.6) is 0 Å². The highest BCUT2D eigenvalue weighted by molar-refractivity contribution is 5.70. The average Bonchev–Trinajstić information content (AvgIpc) is 2.03. The van der Waals surface area contributed by atoms with Gasteiger partial charge >= 0.3 is 5.97 Å². The first kappa shape index (κ1) is 12.2. The van der Waals surface area contributed by atoms with Gasteiger partial charge in [-0.25, -0.2) is 0 Å². The Morgan fingerprint density at radius 2 is 2.08 bits per heavy atom.